The van der Waals surface area contributed by atoms with Gasteiger partial charge in [-0.05, 0) is 48.2 Å². The largest absolute Gasteiger partial charge is 0.424 e. The van der Waals surface area contributed by atoms with Crippen molar-refractivity contribution in [2.24, 2.45) is 0 Å². The highest BCUT2D eigenvalue weighted by Gasteiger charge is 2.11. The maximum atomic E-state index is 12.4. The Labute approximate surface area is 169 Å². The van der Waals surface area contributed by atoms with Crippen molar-refractivity contribution in [1.82, 2.24) is 15.0 Å². The first-order chi connectivity index (χ1) is 13.7. The number of ether oxygens (including phenoxy) is 1. The maximum Gasteiger partial charge on any atom is 0.321 e. The van der Waals surface area contributed by atoms with Gasteiger partial charge >= 0.3 is 6.01 Å². The molecule has 0 saturated carbocycles. The molecule has 0 radical (unpaired) electrons. The highest BCUT2D eigenvalue weighted by molar-refractivity contribution is 7.14. The molecule has 0 spiro atoms. The molecule has 0 atom stereocenters. The minimum absolute atomic E-state index is 0.106. The van der Waals surface area contributed by atoms with Gasteiger partial charge in [0.15, 0.2) is 0 Å². The first-order valence-electron chi connectivity index (χ1n) is 8.50. The SMILES string of the molecule is Cc1cc(Oc2ncccn2)ccc1NC(=O)Cc1csc(-c2ccsc2)n1. The normalized spacial score (nSPS) is 10.6. The zero-order valence-electron chi connectivity index (χ0n) is 15.0. The molecule has 0 saturated heterocycles. The smallest absolute Gasteiger partial charge is 0.321 e. The number of carbonyl (C=O) groups excluding carboxylic acids is 1. The van der Waals surface area contributed by atoms with E-state index in [1.807, 2.05) is 35.9 Å². The molecule has 1 N–H and O–H groups in total. The second-order valence-corrected chi connectivity index (χ2v) is 7.63. The molecular formula is C20H16N4O2S2. The molecule has 28 heavy (non-hydrogen) atoms. The number of amides is 1. The zero-order valence-corrected chi connectivity index (χ0v) is 16.6. The van der Waals surface area contributed by atoms with Crippen LogP contribution in [-0.2, 0) is 11.2 Å². The standard InChI is InChI=1S/C20H16N4O2S2/c1-13-9-16(26-20-21-6-2-7-22-20)3-4-17(13)24-18(25)10-15-12-28-19(23-15)14-5-8-27-11-14/h2-9,11-12H,10H2,1H3,(H,24,25). The van der Waals surface area contributed by atoms with Gasteiger partial charge in [-0.3, -0.25) is 4.79 Å². The fourth-order valence-electron chi connectivity index (χ4n) is 2.55. The number of thiazole rings is 1. The van der Waals surface area contributed by atoms with E-state index >= 15 is 0 Å². The van der Waals surface area contributed by atoms with Crippen LogP contribution in [0.1, 0.15) is 11.3 Å². The zero-order chi connectivity index (χ0) is 19.3. The van der Waals surface area contributed by atoms with Gasteiger partial charge in [0.05, 0.1) is 12.1 Å². The van der Waals surface area contributed by atoms with Crippen LogP contribution in [0.2, 0.25) is 0 Å². The van der Waals surface area contributed by atoms with Crippen LogP contribution in [-0.4, -0.2) is 20.9 Å². The van der Waals surface area contributed by atoms with Crippen molar-refractivity contribution < 1.29 is 9.53 Å². The Morgan fingerprint density at radius 3 is 2.79 bits per heavy atom. The third-order valence-corrected chi connectivity index (χ3v) is 5.51. The molecule has 3 aromatic heterocycles. The number of rotatable bonds is 6. The predicted octanol–water partition coefficient (Wildman–Crippen LogP) is 4.94. The molecule has 4 rings (SSSR count). The molecule has 0 aliphatic heterocycles. The Bertz CT molecular complexity index is 1080. The van der Waals surface area contributed by atoms with E-state index in [1.54, 1.807) is 47.2 Å². The molecule has 3 heterocycles. The second-order valence-electron chi connectivity index (χ2n) is 5.99. The molecule has 8 heteroatoms. The molecule has 0 fully saturated rings. The van der Waals surface area contributed by atoms with Gasteiger partial charge in [0.2, 0.25) is 5.91 Å². The van der Waals surface area contributed by atoms with Gasteiger partial charge in [-0.15, -0.1) is 11.3 Å². The van der Waals surface area contributed by atoms with E-state index in [1.165, 1.54) is 0 Å². The Balaban J connectivity index is 1.39. The minimum Gasteiger partial charge on any atom is -0.424 e. The average molecular weight is 409 g/mol. The van der Waals surface area contributed by atoms with Crippen LogP contribution in [0.5, 0.6) is 11.8 Å². The molecular weight excluding hydrogens is 392 g/mol. The number of hydrogen-bond donors (Lipinski definition) is 1. The maximum absolute atomic E-state index is 12.4. The van der Waals surface area contributed by atoms with Crippen molar-refractivity contribution in [3.8, 4) is 22.3 Å². The molecule has 0 unspecified atom stereocenters. The highest BCUT2D eigenvalue weighted by atomic mass is 32.1. The number of thiophene rings is 1. The summed E-state index contributed by atoms with van der Waals surface area (Å²) in [4.78, 5) is 25.0. The van der Waals surface area contributed by atoms with Gasteiger partial charge < -0.3 is 10.1 Å². The Hall–Kier alpha value is -3.10. The van der Waals surface area contributed by atoms with Crippen molar-refractivity contribution in [2.75, 3.05) is 5.32 Å². The van der Waals surface area contributed by atoms with Gasteiger partial charge in [-0.2, -0.15) is 11.3 Å². The summed E-state index contributed by atoms with van der Waals surface area (Å²) in [6.07, 6.45) is 3.47. The fourth-order valence-corrected chi connectivity index (χ4v) is 4.08. The lowest BCUT2D eigenvalue weighted by molar-refractivity contribution is -0.115. The molecule has 0 bridgehead atoms. The second kappa shape index (κ2) is 8.28. The number of hydrogen-bond acceptors (Lipinski definition) is 7. The quantitative estimate of drug-likeness (QED) is 0.489. The van der Waals surface area contributed by atoms with E-state index in [4.69, 9.17) is 4.74 Å². The van der Waals surface area contributed by atoms with Crippen LogP contribution in [0.4, 0.5) is 5.69 Å². The first-order valence-corrected chi connectivity index (χ1v) is 10.3. The van der Waals surface area contributed by atoms with Gasteiger partial charge in [-0.25, -0.2) is 15.0 Å². The number of carbonyl (C=O) groups is 1. The van der Waals surface area contributed by atoms with Crippen LogP contribution < -0.4 is 10.1 Å². The third kappa shape index (κ3) is 4.41. The number of benzene rings is 1. The van der Waals surface area contributed by atoms with Gasteiger partial charge in [0.1, 0.15) is 10.8 Å². The van der Waals surface area contributed by atoms with Crippen LogP contribution in [0.15, 0.2) is 58.9 Å². The fraction of sp³-hybridized carbons (Fsp3) is 0.100. The lowest BCUT2D eigenvalue weighted by atomic mass is 10.2. The first kappa shape index (κ1) is 18.3. The Morgan fingerprint density at radius 2 is 2.04 bits per heavy atom. The summed E-state index contributed by atoms with van der Waals surface area (Å²) in [5, 5.41) is 9.87. The summed E-state index contributed by atoms with van der Waals surface area (Å²) in [6, 6.07) is 9.45. The molecule has 1 amide bonds. The van der Waals surface area contributed by atoms with Gasteiger partial charge in [-0.1, -0.05) is 0 Å². The number of aryl methyl sites for hydroxylation is 1. The van der Waals surface area contributed by atoms with Gasteiger partial charge in [0, 0.05) is 34.4 Å². The number of nitrogens with zero attached hydrogens (tertiary/aromatic N) is 3. The van der Waals surface area contributed by atoms with Crippen LogP contribution in [0.25, 0.3) is 10.6 Å². The summed E-state index contributed by atoms with van der Waals surface area (Å²) >= 11 is 3.18. The summed E-state index contributed by atoms with van der Waals surface area (Å²) in [5.74, 6) is 0.506. The van der Waals surface area contributed by atoms with E-state index in [9.17, 15) is 4.79 Å². The molecule has 6 nitrogen and oxygen atoms in total. The highest BCUT2D eigenvalue weighted by Crippen LogP contribution is 2.27. The number of nitrogens with one attached hydrogen (secondary N) is 1. The van der Waals surface area contributed by atoms with Crippen molar-refractivity contribution in [2.45, 2.75) is 13.3 Å². The summed E-state index contributed by atoms with van der Waals surface area (Å²) in [5.41, 5.74) is 3.48. The molecule has 4 aromatic rings. The van der Waals surface area contributed by atoms with Crippen LogP contribution in [0, 0.1) is 6.92 Å². The Morgan fingerprint density at radius 1 is 1.18 bits per heavy atom. The molecule has 0 aliphatic carbocycles. The van der Waals surface area contributed by atoms with E-state index in [0.29, 0.717) is 5.75 Å². The van der Waals surface area contributed by atoms with Crippen LogP contribution in [0.3, 0.4) is 0 Å². The van der Waals surface area contributed by atoms with E-state index in [0.717, 1.165) is 27.5 Å². The van der Waals surface area contributed by atoms with E-state index < -0.39 is 0 Å². The lowest BCUT2D eigenvalue weighted by Gasteiger charge is -2.10. The average Bonchev–Trinajstić information content (AvgIpc) is 3.36. The van der Waals surface area contributed by atoms with E-state index in [-0.39, 0.29) is 18.3 Å². The lowest BCUT2D eigenvalue weighted by Crippen LogP contribution is -2.15. The van der Waals surface area contributed by atoms with Gasteiger partial charge in [0.25, 0.3) is 0 Å². The summed E-state index contributed by atoms with van der Waals surface area (Å²) in [6.45, 7) is 1.91. The monoisotopic (exact) mass is 408 g/mol. The van der Waals surface area contributed by atoms with Crippen molar-refractivity contribution in [3.63, 3.8) is 0 Å². The minimum atomic E-state index is -0.106. The number of aromatic nitrogens is 3. The molecule has 140 valence electrons. The van der Waals surface area contributed by atoms with Crippen LogP contribution >= 0.6 is 22.7 Å². The summed E-state index contributed by atoms with van der Waals surface area (Å²) < 4.78 is 5.61. The summed E-state index contributed by atoms with van der Waals surface area (Å²) in [7, 11) is 0. The topological polar surface area (TPSA) is 77.0 Å². The van der Waals surface area contributed by atoms with Crippen molar-refractivity contribution >= 4 is 34.3 Å². The molecule has 1 aromatic carbocycles. The number of anilines is 1. The Kier molecular flexibility index (Phi) is 5.41. The predicted molar refractivity (Wildman–Crippen MR) is 111 cm³/mol. The van der Waals surface area contributed by atoms with Crippen molar-refractivity contribution in [1.29, 1.82) is 0 Å². The van der Waals surface area contributed by atoms with E-state index in [2.05, 4.69) is 25.6 Å². The van der Waals surface area contributed by atoms with Crippen molar-refractivity contribution in [3.05, 3.63) is 70.1 Å². The third-order valence-electron chi connectivity index (χ3n) is 3.88. The molecule has 0 aliphatic rings.